The van der Waals surface area contributed by atoms with Gasteiger partial charge in [-0.2, -0.15) is 0 Å². The van der Waals surface area contributed by atoms with Gasteiger partial charge in [0, 0.05) is 34.4 Å². The van der Waals surface area contributed by atoms with E-state index in [0.29, 0.717) is 4.77 Å². The van der Waals surface area contributed by atoms with Crippen LogP contribution in [0.2, 0.25) is 0 Å². The van der Waals surface area contributed by atoms with E-state index in [-0.39, 0.29) is 0 Å². The third-order valence-corrected chi connectivity index (χ3v) is 4.00. The standard InChI is InChI=1S/C14H15BrN4S/c15-9-2-1-3-10(8-9)17-13-11-4-6-16-7-5-12(11)18-14(20)19-13/h1-3,8,16H,4-7H2,(H2,17,18,19,20). The first-order valence-corrected chi connectivity index (χ1v) is 7.78. The fourth-order valence-electron chi connectivity index (χ4n) is 2.39. The Hall–Kier alpha value is -1.24. The van der Waals surface area contributed by atoms with Gasteiger partial charge in [0.15, 0.2) is 4.77 Å². The molecule has 3 N–H and O–H groups in total. The van der Waals surface area contributed by atoms with Gasteiger partial charge < -0.3 is 15.6 Å². The summed E-state index contributed by atoms with van der Waals surface area (Å²) in [6.07, 6.45) is 1.90. The smallest absolute Gasteiger partial charge is 0.198 e. The molecule has 3 rings (SSSR count). The summed E-state index contributed by atoms with van der Waals surface area (Å²) in [5.74, 6) is 0.866. The SMILES string of the molecule is S=c1nc(Nc2cccc(Br)c2)c2c([nH]1)CCNCC2. The van der Waals surface area contributed by atoms with Crippen LogP contribution >= 0.6 is 28.1 Å². The molecular weight excluding hydrogens is 336 g/mol. The number of benzene rings is 1. The van der Waals surface area contributed by atoms with E-state index >= 15 is 0 Å². The van der Waals surface area contributed by atoms with Crippen molar-refractivity contribution in [3.8, 4) is 0 Å². The summed E-state index contributed by atoms with van der Waals surface area (Å²) in [4.78, 5) is 7.68. The van der Waals surface area contributed by atoms with Gasteiger partial charge in [0.2, 0.25) is 0 Å². The number of hydrogen-bond acceptors (Lipinski definition) is 4. The fraction of sp³-hybridized carbons (Fsp3) is 0.286. The molecular formula is C14H15BrN4S. The van der Waals surface area contributed by atoms with Gasteiger partial charge in [0.25, 0.3) is 0 Å². The van der Waals surface area contributed by atoms with E-state index in [0.717, 1.165) is 41.9 Å². The average molecular weight is 351 g/mol. The Balaban J connectivity index is 2.00. The molecule has 4 nitrogen and oxygen atoms in total. The lowest BCUT2D eigenvalue weighted by Gasteiger charge is -2.13. The molecule has 1 aliphatic heterocycles. The zero-order valence-electron chi connectivity index (χ0n) is 10.9. The number of anilines is 2. The third-order valence-electron chi connectivity index (χ3n) is 3.31. The third kappa shape index (κ3) is 3.08. The topological polar surface area (TPSA) is 52.7 Å². The number of aromatic amines is 1. The molecule has 1 aromatic carbocycles. The second-order valence-corrected chi connectivity index (χ2v) is 6.04. The zero-order chi connectivity index (χ0) is 13.9. The van der Waals surface area contributed by atoms with Crippen molar-refractivity contribution in [2.75, 3.05) is 18.4 Å². The van der Waals surface area contributed by atoms with Crippen LogP contribution in [0.1, 0.15) is 11.3 Å². The van der Waals surface area contributed by atoms with Crippen LogP contribution in [0.3, 0.4) is 0 Å². The molecule has 1 aromatic heterocycles. The summed E-state index contributed by atoms with van der Waals surface area (Å²) >= 11 is 8.72. The molecule has 2 heterocycles. The van der Waals surface area contributed by atoms with Crippen molar-refractivity contribution in [2.45, 2.75) is 12.8 Å². The normalized spacial score (nSPS) is 14.4. The lowest BCUT2D eigenvalue weighted by molar-refractivity contribution is 0.708. The van der Waals surface area contributed by atoms with Gasteiger partial charge in [-0.25, -0.2) is 4.98 Å². The molecule has 0 aliphatic carbocycles. The van der Waals surface area contributed by atoms with Crippen molar-refractivity contribution >= 4 is 39.7 Å². The predicted octanol–water partition coefficient (Wildman–Crippen LogP) is 3.33. The molecule has 0 saturated carbocycles. The van der Waals surface area contributed by atoms with Crippen molar-refractivity contribution < 1.29 is 0 Å². The Morgan fingerprint density at radius 3 is 2.95 bits per heavy atom. The maximum absolute atomic E-state index is 5.23. The molecule has 2 aromatic rings. The minimum atomic E-state index is 0.531. The highest BCUT2D eigenvalue weighted by molar-refractivity contribution is 9.10. The number of nitrogens with zero attached hydrogens (tertiary/aromatic N) is 1. The van der Waals surface area contributed by atoms with Crippen molar-refractivity contribution in [2.24, 2.45) is 0 Å². The summed E-state index contributed by atoms with van der Waals surface area (Å²) in [5, 5.41) is 6.78. The van der Waals surface area contributed by atoms with Crippen LogP contribution < -0.4 is 10.6 Å². The number of rotatable bonds is 2. The average Bonchev–Trinajstić information content (AvgIpc) is 2.64. The Bertz CT molecular complexity index is 683. The van der Waals surface area contributed by atoms with Gasteiger partial charge in [-0.3, -0.25) is 0 Å². The number of nitrogens with one attached hydrogen (secondary N) is 3. The highest BCUT2D eigenvalue weighted by Gasteiger charge is 2.14. The van der Waals surface area contributed by atoms with Crippen molar-refractivity contribution in [1.82, 2.24) is 15.3 Å². The van der Waals surface area contributed by atoms with Crippen LogP contribution in [-0.4, -0.2) is 23.1 Å². The van der Waals surface area contributed by atoms with E-state index in [4.69, 9.17) is 12.2 Å². The van der Waals surface area contributed by atoms with Crippen molar-refractivity contribution in [3.05, 3.63) is 44.8 Å². The Morgan fingerprint density at radius 2 is 2.10 bits per heavy atom. The molecule has 0 spiro atoms. The second-order valence-electron chi connectivity index (χ2n) is 4.73. The Morgan fingerprint density at radius 1 is 1.25 bits per heavy atom. The first kappa shape index (κ1) is 13.7. The maximum Gasteiger partial charge on any atom is 0.198 e. The molecule has 20 heavy (non-hydrogen) atoms. The van der Waals surface area contributed by atoms with Crippen LogP contribution in [0.25, 0.3) is 0 Å². The Kier molecular flexibility index (Phi) is 4.14. The lowest BCUT2D eigenvalue weighted by atomic mass is 10.1. The van der Waals surface area contributed by atoms with Gasteiger partial charge in [-0.05, 0) is 43.4 Å². The van der Waals surface area contributed by atoms with E-state index in [2.05, 4.69) is 36.5 Å². The zero-order valence-corrected chi connectivity index (χ0v) is 13.3. The van der Waals surface area contributed by atoms with Gasteiger partial charge in [-0.15, -0.1) is 0 Å². The molecule has 0 saturated heterocycles. The first-order chi connectivity index (χ1) is 9.72. The first-order valence-electron chi connectivity index (χ1n) is 6.58. The monoisotopic (exact) mass is 350 g/mol. The molecule has 0 bridgehead atoms. The molecule has 0 radical (unpaired) electrons. The largest absolute Gasteiger partial charge is 0.340 e. The van der Waals surface area contributed by atoms with Gasteiger partial charge in [-0.1, -0.05) is 22.0 Å². The quantitative estimate of drug-likeness (QED) is 0.727. The number of fused-ring (bicyclic) bond motifs is 1. The van der Waals surface area contributed by atoms with Crippen molar-refractivity contribution in [3.63, 3.8) is 0 Å². The van der Waals surface area contributed by atoms with Crippen LogP contribution in [0.5, 0.6) is 0 Å². The van der Waals surface area contributed by atoms with Gasteiger partial charge in [0.05, 0.1) is 0 Å². The summed E-state index contributed by atoms with van der Waals surface area (Å²) < 4.78 is 1.57. The minimum absolute atomic E-state index is 0.531. The maximum atomic E-state index is 5.23. The van der Waals surface area contributed by atoms with E-state index in [1.54, 1.807) is 0 Å². The number of halogens is 1. The molecule has 0 unspecified atom stereocenters. The summed E-state index contributed by atoms with van der Waals surface area (Å²) in [6, 6.07) is 8.05. The molecule has 0 amide bonds. The fourth-order valence-corrected chi connectivity index (χ4v) is 3.00. The molecule has 6 heteroatoms. The molecule has 1 aliphatic rings. The minimum Gasteiger partial charge on any atom is -0.340 e. The van der Waals surface area contributed by atoms with Crippen LogP contribution in [0.4, 0.5) is 11.5 Å². The van der Waals surface area contributed by atoms with E-state index in [1.807, 2.05) is 24.3 Å². The van der Waals surface area contributed by atoms with Gasteiger partial charge in [0.1, 0.15) is 5.82 Å². The number of H-pyrrole nitrogens is 1. The summed E-state index contributed by atoms with van der Waals surface area (Å²) in [7, 11) is 0. The molecule has 0 atom stereocenters. The van der Waals surface area contributed by atoms with Crippen LogP contribution in [0.15, 0.2) is 28.7 Å². The van der Waals surface area contributed by atoms with E-state index in [9.17, 15) is 0 Å². The highest BCUT2D eigenvalue weighted by Crippen LogP contribution is 2.24. The van der Waals surface area contributed by atoms with Crippen LogP contribution in [-0.2, 0) is 12.8 Å². The number of hydrogen-bond donors (Lipinski definition) is 3. The van der Waals surface area contributed by atoms with Crippen molar-refractivity contribution in [1.29, 1.82) is 0 Å². The van der Waals surface area contributed by atoms with E-state index in [1.165, 1.54) is 11.3 Å². The van der Waals surface area contributed by atoms with E-state index < -0.39 is 0 Å². The lowest BCUT2D eigenvalue weighted by Crippen LogP contribution is -2.16. The second kappa shape index (κ2) is 6.03. The Labute approximate surface area is 131 Å². The molecule has 104 valence electrons. The van der Waals surface area contributed by atoms with Gasteiger partial charge >= 0.3 is 0 Å². The highest BCUT2D eigenvalue weighted by atomic mass is 79.9. The molecule has 0 fully saturated rings. The number of aromatic nitrogens is 2. The van der Waals surface area contributed by atoms with Crippen LogP contribution in [0, 0.1) is 4.77 Å². The summed E-state index contributed by atoms with van der Waals surface area (Å²) in [5.41, 5.74) is 3.42. The summed E-state index contributed by atoms with van der Waals surface area (Å²) in [6.45, 7) is 1.94. The predicted molar refractivity (Wildman–Crippen MR) is 87.1 cm³/mol.